The average Bonchev–Trinajstić information content (AvgIpc) is 3.23. The van der Waals surface area contributed by atoms with Gasteiger partial charge in [-0.1, -0.05) is 6.07 Å². The van der Waals surface area contributed by atoms with Gasteiger partial charge in [0.1, 0.15) is 23.2 Å². The Morgan fingerprint density at radius 2 is 2.14 bits per heavy atom. The molecule has 1 N–H and O–H groups in total. The van der Waals surface area contributed by atoms with E-state index in [2.05, 4.69) is 15.4 Å². The molecule has 1 atom stereocenters. The molecule has 0 bridgehead atoms. The summed E-state index contributed by atoms with van der Waals surface area (Å²) < 4.78 is 13.9. The molecule has 4 rings (SSSR count). The van der Waals surface area contributed by atoms with Gasteiger partial charge in [0, 0.05) is 43.1 Å². The summed E-state index contributed by atoms with van der Waals surface area (Å²) in [6, 6.07) is 11.0. The molecule has 150 valence electrons. The lowest BCUT2D eigenvalue weighted by Gasteiger charge is -2.17. The minimum atomic E-state index is -0.356. The molecule has 1 aliphatic heterocycles. The van der Waals surface area contributed by atoms with Crippen LogP contribution in [0.3, 0.4) is 0 Å². The van der Waals surface area contributed by atoms with Crippen LogP contribution in [0.15, 0.2) is 48.8 Å². The number of amides is 1. The number of carbonyl (C=O) groups excluding carboxylic acids is 1. The van der Waals surface area contributed by atoms with Crippen LogP contribution < -0.4 is 14.8 Å². The van der Waals surface area contributed by atoms with Crippen molar-refractivity contribution in [3.63, 3.8) is 0 Å². The highest BCUT2D eigenvalue weighted by atomic mass is 16.5. The van der Waals surface area contributed by atoms with E-state index in [1.807, 2.05) is 39.0 Å². The van der Waals surface area contributed by atoms with Gasteiger partial charge in [-0.3, -0.25) is 14.5 Å². The van der Waals surface area contributed by atoms with Gasteiger partial charge >= 0.3 is 0 Å². The number of nitrogens with zero attached hydrogens (tertiary/aromatic N) is 3. The van der Waals surface area contributed by atoms with E-state index in [1.54, 1.807) is 42.3 Å². The van der Waals surface area contributed by atoms with Gasteiger partial charge in [0.25, 0.3) is 5.91 Å². The van der Waals surface area contributed by atoms with E-state index in [0.29, 0.717) is 29.3 Å². The Labute approximate surface area is 169 Å². The van der Waals surface area contributed by atoms with E-state index < -0.39 is 0 Å². The maximum absolute atomic E-state index is 12.8. The van der Waals surface area contributed by atoms with Crippen LogP contribution in [0.1, 0.15) is 48.5 Å². The van der Waals surface area contributed by atoms with Gasteiger partial charge in [0.15, 0.2) is 5.82 Å². The Bertz CT molecular complexity index is 1040. The third-order valence-electron chi connectivity index (χ3n) is 4.78. The SMILES string of the molecule is CC(Oc1cc(C(=O)Nc2ccn(C)n2)cc2c1CC(C)(C)O2)c1ccccn1. The molecule has 0 saturated heterocycles. The number of hydrogen-bond donors (Lipinski definition) is 1. The quantitative estimate of drug-likeness (QED) is 0.712. The molecule has 0 aliphatic carbocycles. The van der Waals surface area contributed by atoms with Crippen molar-refractivity contribution in [1.29, 1.82) is 0 Å². The Morgan fingerprint density at radius 3 is 2.83 bits per heavy atom. The normalized spacial score (nSPS) is 15.3. The highest BCUT2D eigenvalue weighted by molar-refractivity contribution is 6.04. The number of hydrogen-bond acceptors (Lipinski definition) is 5. The van der Waals surface area contributed by atoms with Gasteiger partial charge in [-0.2, -0.15) is 5.10 Å². The molecule has 29 heavy (non-hydrogen) atoms. The molecular weight excluding hydrogens is 368 g/mol. The van der Waals surface area contributed by atoms with Gasteiger partial charge in [0.05, 0.1) is 5.69 Å². The van der Waals surface area contributed by atoms with Crippen LogP contribution in [0.25, 0.3) is 0 Å². The summed E-state index contributed by atoms with van der Waals surface area (Å²) in [5, 5.41) is 7.01. The topological polar surface area (TPSA) is 78.3 Å². The fraction of sp³-hybridized carbons (Fsp3) is 0.318. The number of anilines is 1. The minimum Gasteiger partial charge on any atom is -0.487 e. The summed E-state index contributed by atoms with van der Waals surface area (Å²) in [5.41, 5.74) is 1.88. The Balaban J connectivity index is 1.65. The number of aromatic nitrogens is 3. The lowest BCUT2D eigenvalue weighted by atomic mass is 9.99. The smallest absolute Gasteiger partial charge is 0.257 e. The molecule has 1 amide bonds. The van der Waals surface area contributed by atoms with Crippen molar-refractivity contribution >= 4 is 11.7 Å². The van der Waals surface area contributed by atoms with Gasteiger partial charge in [-0.15, -0.1) is 0 Å². The average molecular weight is 392 g/mol. The summed E-state index contributed by atoms with van der Waals surface area (Å²) in [5.74, 6) is 1.53. The van der Waals surface area contributed by atoms with Crippen LogP contribution in [0, 0.1) is 0 Å². The standard InChI is InChI=1S/C22H24N4O3/c1-14(17-7-5-6-9-23-17)28-18-11-15(12-19-16(18)13-22(2,3)29-19)21(27)24-20-8-10-26(4)25-20/h5-12,14H,13H2,1-4H3,(H,24,25,27). The van der Waals surface area contributed by atoms with E-state index in [4.69, 9.17) is 9.47 Å². The molecular formula is C22H24N4O3. The molecule has 1 aliphatic rings. The van der Waals surface area contributed by atoms with E-state index in [-0.39, 0.29) is 17.6 Å². The molecule has 1 unspecified atom stereocenters. The summed E-state index contributed by atoms with van der Waals surface area (Å²) in [4.78, 5) is 17.2. The fourth-order valence-electron chi connectivity index (χ4n) is 3.42. The molecule has 7 nitrogen and oxygen atoms in total. The Morgan fingerprint density at radius 1 is 1.31 bits per heavy atom. The number of pyridine rings is 1. The number of nitrogens with one attached hydrogen (secondary N) is 1. The predicted octanol–water partition coefficient (Wildman–Crippen LogP) is 3.92. The first-order chi connectivity index (χ1) is 13.8. The van der Waals surface area contributed by atoms with E-state index in [0.717, 1.165) is 11.3 Å². The molecule has 3 aromatic rings. The number of fused-ring (bicyclic) bond motifs is 1. The van der Waals surface area contributed by atoms with Crippen molar-refractivity contribution in [2.24, 2.45) is 7.05 Å². The second kappa shape index (κ2) is 7.24. The number of benzene rings is 1. The Hall–Kier alpha value is -3.35. The largest absolute Gasteiger partial charge is 0.487 e. The van der Waals surface area contributed by atoms with Crippen molar-refractivity contribution in [2.45, 2.75) is 38.9 Å². The summed E-state index contributed by atoms with van der Waals surface area (Å²) in [7, 11) is 1.80. The number of carbonyl (C=O) groups is 1. The lowest BCUT2D eigenvalue weighted by Crippen LogP contribution is -2.24. The molecule has 3 heterocycles. The molecule has 0 spiro atoms. The van der Waals surface area contributed by atoms with Crippen molar-refractivity contribution in [3.8, 4) is 11.5 Å². The van der Waals surface area contributed by atoms with Crippen LogP contribution >= 0.6 is 0 Å². The molecule has 1 aromatic carbocycles. The van der Waals surface area contributed by atoms with E-state index >= 15 is 0 Å². The maximum atomic E-state index is 12.8. The molecule has 0 radical (unpaired) electrons. The summed E-state index contributed by atoms with van der Waals surface area (Å²) in [6.07, 6.45) is 3.95. The first-order valence-electron chi connectivity index (χ1n) is 9.55. The van der Waals surface area contributed by atoms with Crippen molar-refractivity contribution in [1.82, 2.24) is 14.8 Å². The maximum Gasteiger partial charge on any atom is 0.257 e. The van der Waals surface area contributed by atoms with Crippen LogP contribution in [0.2, 0.25) is 0 Å². The molecule has 0 fully saturated rings. The number of ether oxygens (including phenoxy) is 2. The molecule has 2 aromatic heterocycles. The van der Waals surface area contributed by atoms with Gasteiger partial charge in [-0.05, 0) is 45.0 Å². The van der Waals surface area contributed by atoms with Gasteiger partial charge in [-0.25, -0.2) is 0 Å². The van der Waals surface area contributed by atoms with E-state index in [9.17, 15) is 4.79 Å². The molecule has 7 heteroatoms. The third kappa shape index (κ3) is 4.08. The zero-order valence-corrected chi connectivity index (χ0v) is 17.0. The summed E-state index contributed by atoms with van der Waals surface area (Å²) in [6.45, 7) is 5.98. The monoisotopic (exact) mass is 392 g/mol. The highest BCUT2D eigenvalue weighted by Gasteiger charge is 2.34. The predicted molar refractivity (Wildman–Crippen MR) is 109 cm³/mol. The Kier molecular flexibility index (Phi) is 4.74. The van der Waals surface area contributed by atoms with Crippen LogP contribution in [0.5, 0.6) is 11.5 Å². The van der Waals surface area contributed by atoms with Crippen LogP contribution in [-0.4, -0.2) is 26.3 Å². The first-order valence-corrected chi connectivity index (χ1v) is 9.55. The number of rotatable bonds is 5. The zero-order valence-electron chi connectivity index (χ0n) is 17.0. The van der Waals surface area contributed by atoms with Crippen LogP contribution in [-0.2, 0) is 13.5 Å². The van der Waals surface area contributed by atoms with Crippen molar-refractivity contribution in [3.05, 3.63) is 65.6 Å². The first kappa shape index (κ1) is 19.0. The second-order valence-corrected chi connectivity index (χ2v) is 7.83. The van der Waals surface area contributed by atoms with Crippen LogP contribution in [0.4, 0.5) is 5.82 Å². The second-order valence-electron chi connectivity index (χ2n) is 7.83. The minimum absolute atomic E-state index is 0.266. The van der Waals surface area contributed by atoms with Crippen molar-refractivity contribution < 1.29 is 14.3 Å². The fourth-order valence-corrected chi connectivity index (χ4v) is 3.42. The van der Waals surface area contributed by atoms with Gasteiger partial charge in [0.2, 0.25) is 0 Å². The van der Waals surface area contributed by atoms with E-state index in [1.165, 1.54) is 0 Å². The van der Waals surface area contributed by atoms with Crippen molar-refractivity contribution in [2.75, 3.05) is 5.32 Å². The lowest BCUT2D eigenvalue weighted by molar-refractivity contribution is 0.102. The molecule has 0 saturated carbocycles. The zero-order chi connectivity index (χ0) is 20.6. The summed E-state index contributed by atoms with van der Waals surface area (Å²) >= 11 is 0. The highest BCUT2D eigenvalue weighted by Crippen LogP contribution is 2.42. The third-order valence-corrected chi connectivity index (χ3v) is 4.78. The number of aryl methyl sites for hydroxylation is 1. The van der Waals surface area contributed by atoms with Gasteiger partial charge < -0.3 is 14.8 Å².